The van der Waals surface area contributed by atoms with Crippen LogP contribution < -0.4 is 15.2 Å². The monoisotopic (exact) mass is 478 g/mol. The van der Waals surface area contributed by atoms with Gasteiger partial charge in [-0.15, -0.1) is 11.3 Å². The molecule has 0 radical (unpaired) electrons. The van der Waals surface area contributed by atoms with Crippen molar-refractivity contribution in [3.8, 4) is 23.3 Å². The number of halogens is 2. The van der Waals surface area contributed by atoms with E-state index in [-0.39, 0.29) is 11.1 Å². The van der Waals surface area contributed by atoms with Crippen molar-refractivity contribution in [1.82, 2.24) is 14.1 Å². The van der Waals surface area contributed by atoms with Gasteiger partial charge in [0.2, 0.25) is 0 Å². The summed E-state index contributed by atoms with van der Waals surface area (Å²) < 4.78 is 43.6. The highest BCUT2D eigenvalue weighted by Gasteiger charge is 2.23. The molecule has 0 amide bonds. The zero-order valence-electron chi connectivity index (χ0n) is 18.0. The van der Waals surface area contributed by atoms with E-state index in [0.29, 0.717) is 34.5 Å². The van der Waals surface area contributed by atoms with Crippen LogP contribution >= 0.6 is 11.3 Å². The average molecular weight is 478 g/mol. The number of nitrogens with zero attached hydrogens (tertiary/aromatic N) is 4. The SMILES string of the molecule is COc1cc2ncc3c(c2cc1OCc1cccs1)n(-c1c(F)cc(C#N)cc1F)c(=O)n3C. The summed E-state index contributed by atoms with van der Waals surface area (Å²) in [5.74, 6) is -1.24. The third-order valence-corrected chi connectivity index (χ3v) is 6.34. The zero-order chi connectivity index (χ0) is 24.0. The van der Waals surface area contributed by atoms with E-state index >= 15 is 0 Å². The quantitative estimate of drug-likeness (QED) is 0.367. The van der Waals surface area contributed by atoms with Gasteiger partial charge in [-0.2, -0.15) is 5.26 Å². The molecular weight excluding hydrogens is 462 g/mol. The normalized spacial score (nSPS) is 11.1. The molecule has 0 aliphatic heterocycles. The second-order valence-corrected chi connectivity index (χ2v) is 8.49. The summed E-state index contributed by atoms with van der Waals surface area (Å²) in [6, 6.07) is 10.6. The lowest BCUT2D eigenvalue weighted by Crippen LogP contribution is -2.22. The van der Waals surface area contributed by atoms with Crippen LogP contribution in [0.3, 0.4) is 0 Å². The van der Waals surface area contributed by atoms with E-state index in [1.54, 1.807) is 18.2 Å². The Labute approximate surface area is 195 Å². The number of aromatic nitrogens is 3. The lowest BCUT2D eigenvalue weighted by atomic mass is 10.1. The number of methoxy groups -OCH3 is 1. The number of ether oxygens (including phenoxy) is 2. The Balaban J connectivity index is 1.81. The van der Waals surface area contributed by atoms with Crippen LogP contribution in [0, 0.1) is 23.0 Å². The smallest absolute Gasteiger partial charge is 0.333 e. The Morgan fingerprint density at radius 3 is 2.59 bits per heavy atom. The van der Waals surface area contributed by atoms with Gasteiger partial charge in [-0.1, -0.05) is 6.07 Å². The number of aryl methyl sites for hydroxylation is 1. The molecule has 0 N–H and O–H groups in total. The third-order valence-electron chi connectivity index (χ3n) is 5.49. The van der Waals surface area contributed by atoms with Gasteiger partial charge in [-0.05, 0) is 29.6 Å². The molecule has 10 heteroatoms. The molecule has 0 aliphatic rings. The second-order valence-electron chi connectivity index (χ2n) is 7.46. The van der Waals surface area contributed by atoms with E-state index in [1.807, 2.05) is 17.5 Å². The summed E-state index contributed by atoms with van der Waals surface area (Å²) in [6.45, 7) is 0.295. The number of hydrogen-bond acceptors (Lipinski definition) is 6. The van der Waals surface area contributed by atoms with Crippen LogP contribution in [0.4, 0.5) is 8.78 Å². The van der Waals surface area contributed by atoms with Crippen LogP contribution in [0.2, 0.25) is 0 Å². The van der Waals surface area contributed by atoms with Crippen LogP contribution in [-0.2, 0) is 13.7 Å². The number of hydrogen-bond donors (Lipinski definition) is 0. The lowest BCUT2D eigenvalue weighted by molar-refractivity contribution is 0.288. The molecule has 170 valence electrons. The summed E-state index contributed by atoms with van der Waals surface area (Å²) in [4.78, 5) is 18.5. The summed E-state index contributed by atoms with van der Waals surface area (Å²) >= 11 is 1.54. The molecule has 3 heterocycles. The molecule has 2 aromatic carbocycles. The van der Waals surface area contributed by atoms with Crippen molar-refractivity contribution in [2.75, 3.05) is 7.11 Å². The third kappa shape index (κ3) is 3.38. The Morgan fingerprint density at radius 2 is 1.94 bits per heavy atom. The van der Waals surface area contributed by atoms with Crippen molar-refractivity contribution in [1.29, 1.82) is 5.26 Å². The molecule has 3 aromatic heterocycles. The van der Waals surface area contributed by atoms with Crippen molar-refractivity contribution in [2.24, 2.45) is 7.05 Å². The molecule has 0 spiro atoms. The van der Waals surface area contributed by atoms with Crippen LogP contribution in [0.15, 0.2) is 52.8 Å². The van der Waals surface area contributed by atoms with Crippen LogP contribution in [0.25, 0.3) is 27.6 Å². The first kappa shape index (κ1) is 21.6. The van der Waals surface area contributed by atoms with Crippen LogP contribution in [0.5, 0.6) is 11.5 Å². The zero-order valence-corrected chi connectivity index (χ0v) is 18.8. The fourth-order valence-corrected chi connectivity index (χ4v) is 4.49. The largest absolute Gasteiger partial charge is 0.493 e. The van der Waals surface area contributed by atoms with Gasteiger partial charge in [-0.25, -0.2) is 13.6 Å². The number of pyridine rings is 1. The first-order valence-electron chi connectivity index (χ1n) is 10.1. The van der Waals surface area contributed by atoms with Gasteiger partial charge >= 0.3 is 5.69 Å². The fourth-order valence-electron chi connectivity index (χ4n) is 3.87. The van der Waals surface area contributed by atoms with Crippen molar-refractivity contribution < 1.29 is 18.3 Å². The number of nitriles is 1. The van der Waals surface area contributed by atoms with E-state index in [4.69, 9.17) is 14.7 Å². The first-order chi connectivity index (χ1) is 16.4. The van der Waals surface area contributed by atoms with Gasteiger partial charge in [0.15, 0.2) is 23.1 Å². The summed E-state index contributed by atoms with van der Waals surface area (Å²) in [6.07, 6.45) is 1.46. The van der Waals surface area contributed by atoms with Crippen molar-refractivity contribution in [3.05, 3.63) is 80.5 Å². The predicted octanol–water partition coefficient (Wildman–Crippen LogP) is 4.68. The first-order valence-corrected chi connectivity index (χ1v) is 10.9. The molecule has 0 fully saturated rings. The Kier molecular flexibility index (Phi) is 5.26. The summed E-state index contributed by atoms with van der Waals surface area (Å²) in [5.41, 5.74) is -0.351. The van der Waals surface area contributed by atoms with Gasteiger partial charge in [0.05, 0.1) is 41.5 Å². The molecule has 5 rings (SSSR count). The topological polar surface area (TPSA) is 82.1 Å². The van der Waals surface area contributed by atoms with Crippen molar-refractivity contribution in [2.45, 2.75) is 6.61 Å². The van der Waals surface area contributed by atoms with Crippen LogP contribution in [0.1, 0.15) is 10.4 Å². The molecule has 0 bridgehead atoms. The fraction of sp³-hybridized carbons (Fsp3) is 0.125. The van der Waals surface area contributed by atoms with E-state index in [2.05, 4.69) is 4.98 Å². The number of fused-ring (bicyclic) bond motifs is 3. The molecule has 34 heavy (non-hydrogen) atoms. The van der Waals surface area contributed by atoms with E-state index in [1.165, 1.54) is 36.3 Å². The maximum atomic E-state index is 15.0. The average Bonchev–Trinajstić information content (AvgIpc) is 3.44. The molecule has 0 aliphatic carbocycles. The van der Waals surface area contributed by atoms with Gasteiger partial charge in [0.25, 0.3) is 0 Å². The maximum absolute atomic E-state index is 15.0. The Hall–Kier alpha value is -4.23. The van der Waals surface area contributed by atoms with Crippen LogP contribution in [-0.4, -0.2) is 21.2 Å². The minimum Gasteiger partial charge on any atom is -0.493 e. The van der Waals surface area contributed by atoms with E-state index in [9.17, 15) is 13.6 Å². The van der Waals surface area contributed by atoms with Crippen molar-refractivity contribution in [3.63, 3.8) is 0 Å². The molecule has 0 saturated heterocycles. The van der Waals surface area contributed by atoms with E-state index < -0.39 is 23.0 Å². The van der Waals surface area contributed by atoms with Gasteiger partial charge in [0.1, 0.15) is 12.3 Å². The van der Waals surface area contributed by atoms with Gasteiger partial charge in [0, 0.05) is 23.4 Å². The molecular formula is C24H16F2N4O3S. The Bertz CT molecular complexity index is 1640. The number of rotatable bonds is 5. The highest BCUT2D eigenvalue weighted by atomic mass is 32.1. The summed E-state index contributed by atoms with van der Waals surface area (Å²) in [5, 5.41) is 11.4. The van der Waals surface area contributed by atoms with Gasteiger partial charge < -0.3 is 9.47 Å². The second kappa shape index (κ2) is 8.28. The number of thiophene rings is 1. The molecule has 5 aromatic rings. The summed E-state index contributed by atoms with van der Waals surface area (Å²) in [7, 11) is 2.99. The molecule has 0 saturated carbocycles. The predicted molar refractivity (Wildman–Crippen MR) is 124 cm³/mol. The highest BCUT2D eigenvalue weighted by molar-refractivity contribution is 7.09. The molecule has 0 atom stereocenters. The number of benzene rings is 2. The lowest BCUT2D eigenvalue weighted by Gasteiger charge is -2.13. The number of imidazole rings is 1. The standard InChI is InChI=1S/C24H16F2N4O3S/c1-29-19-11-28-18-9-20(32-2)21(33-12-14-4-3-5-34-14)8-15(18)22(19)30(24(29)31)23-16(25)6-13(10-27)7-17(23)26/h3-9,11H,12H2,1-2H3. The maximum Gasteiger partial charge on any atom is 0.333 e. The van der Waals surface area contributed by atoms with E-state index in [0.717, 1.165) is 21.6 Å². The minimum atomic E-state index is -1.03. The Morgan fingerprint density at radius 1 is 1.18 bits per heavy atom. The molecule has 0 unspecified atom stereocenters. The minimum absolute atomic E-state index is 0.187. The van der Waals surface area contributed by atoms with Crippen molar-refractivity contribution >= 4 is 33.3 Å². The molecule has 7 nitrogen and oxygen atoms in total. The highest BCUT2D eigenvalue weighted by Crippen LogP contribution is 2.36. The van der Waals surface area contributed by atoms with Gasteiger partial charge in [-0.3, -0.25) is 14.1 Å².